The lowest BCUT2D eigenvalue weighted by atomic mass is 10.1. The predicted molar refractivity (Wildman–Crippen MR) is 71.1 cm³/mol. The van der Waals surface area contributed by atoms with Crippen molar-refractivity contribution in [1.29, 1.82) is 0 Å². The molecule has 0 radical (unpaired) electrons. The molecule has 6 heteroatoms. The molecule has 0 bridgehead atoms. The van der Waals surface area contributed by atoms with Gasteiger partial charge in [-0.2, -0.15) is 5.10 Å². The van der Waals surface area contributed by atoms with E-state index in [4.69, 9.17) is 0 Å². The maximum absolute atomic E-state index is 12.3. The van der Waals surface area contributed by atoms with Crippen LogP contribution in [0.4, 0.5) is 0 Å². The molecule has 2 amide bonds. The molecule has 1 aromatic carbocycles. The Morgan fingerprint density at radius 1 is 1.20 bits per heavy atom. The zero-order valence-corrected chi connectivity index (χ0v) is 11.3. The average molecular weight is 270 g/mol. The summed E-state index contributed by atoms with van der Waals surface area (Å²) in [5, 5.41) is 6.88. The summed E-state index contributed by atoms with van der Waals surface area (Å²) in [6, 6.07) is 6.34. The summed E-state index contributed by atoms with van der Waals surface area (Å²) < 4.78 is 0. The monoisotopic (exact) mass is 270 g/mol. The minimum absolute atomic E-state index is 0.291. The molecular formula is C14H14N4O2. The predicted octanol–water partition coefficient (Wildman–Crippen LogP) is 1.72. The van der Waals surface area contributed by atoms with Gasteiger partial charge in [-0.1, -0.05) is 19.1 Å². The molecule has 6 nitrogen and oxygen atoms in total. The number of nitrogens with zero attached hydrogens (tertiary/aromatic N) is 3. The standard InChI is InChI=1S/C14H14N4O2/c1-3-11-15-12(17-16-11)8(2)18-13(19)9-6-4-5-7-10(9)14(18)20/h4-8H,3H2,1-2H3,(H,15,16,17)/t8-/m0/s1. The van der Waals surface area contributed by atoms with E-state index in [9.17, 15) is 9.59 Å². The molecule has 2 aromatic rings. The normalized spacial score (nSPS) is 15.6. The highest BCUT2D eigenvalue weighted by Crippen LogP contribution is 2.29. The summed E-state index contributed by atoms with van der Waals surface area (Å²) in [7, 11) is 0. The van der Waals surface area contributed by atoms with Crippen LogP contribution in [-0.2, 0) is 6.42 Å². The van der Waals surface area contributed by atoms with Crippen molar-refractivity contribution in [1.82, 2.24) is 20.1 Å². The molecule has 1 atom stereocenters. The van der Waals surface area contributed by atoms with Crippen LogP contribution in [0.3, 0.4) is 0 Å². The number of imide groups is 1. The van der Waals surface area contributed by atoms with Crippen molar-refractivity contribution in [3.8, 4) is 0 Å². The van der Waals surface area contributed by atoms with E-state index in [0.717, 1.165) is 12.2 Å². The third-order valence-corrected chi connectivity index (χ3v) is 3.47. The molecule has 20 heavy (non-hydrogen) atoms. The van der Waals surface area contributed by atoms with Gasteiger partial charge in [-0.3, -0.25) is 19.6 Å². The van der Waals surface area contributed by atoms with Gasteiger partial charge in [0.1, 0.15) is 5.82 Å². The number of aromatic nitrogens is 3. The first-order chi connectivity index (χ1) is 9.63. The molecule has 1 N–H and O–H groups in total. The molecule has 102 valence electrons. The van der Waals surface area contributed by atoms with Gasteiger partial charge in [0.25, 0.3) is 11.8 Å². The van der Waals surface area contributed by atoms with Crippen LogP contribution >= 0.6 is 0 Å². The number of carbonyl (C=O) groups excluding carboxylic acids is 2. The van der Waals surface area contributed by atoms with Gasteiger partial charge < -0.3 is 0 Å². The topological polar surface area (TPSA) is 79.0 Å². The van der Waals surface area contributed by atoms with Crippen molar-refractivity contribution >= 4 is 11.8 Å². The first-order valence-corrected chi connectivity index (χ1v) is 6.51. The lowest BCUT2D eigenvalue weighted by molar-refractivity contribution is 0.0589. The van der Waals surface area contributed by atoms with Crippen molar-refractivity contribution in [2.75, 3.05) is 0 Å². The van der Waals surface area contributed by atoms with Crippen LogP contribution in [0, 0.1) is 0 Å². The SMILES string of the molecule is CCc1nc([C@H](C)N2C(=O)c3ccccc3C2=O)n[nH]1. The van der Waals surface area contributed by atoms with Gasteiger partial charge in [-0.05, 0) is 19.1 Å². The number of hydrogen-bond acceptors (Lipinski definition) is 4. The molecular weight excluding hydrogens is 256 g/mol. The fourth-order valence-electron chi connectivity index (χ4n) is 2.33. The molecule has 0 unspecified atom stereocenters. The second-order valence-electron chi connectivity index (χ2n) is 4.70. The van der Waals surface area contributed by atoms with Crippen LogP contribution in [0.1, 0.15) is 52.3 Å². The lowest BCUT2D eigenvalue weighted by Crippen LogP contribution is -2.33. The van der Waals surface area contributed by atoms with Crippen molar-refractivity contribution < 1.29 is 9.59 Å². The number of carbonyl (C=O) groups is 2. The lowest BCUT2D eigenvalue weighted by Gasteiger charge is -2.19. The fourth-order valence-corrected chi connectivity index (χ4v) is 2.33. The van der Waals surface area contributed by atoms with Gasteiger partial charge in [-0.15, -0.1) is 0 Å². The van der Waals surface area contributed by atoms with E-state index >= 15 is 0 Å². The Morgan fingerprint density at radius 2 is 1.80 bits per heavy atom. The van der Waals surface area contributed by atoms with E-state index in [1.165, 1.54) is 4.90 Å². The minimum Gasteiger partial charge on any atom is -0.269 e. The Balaban J connectivity index is 1.96. The van der Waals surface area contributed by atoms with Crippen LogP contribution in [-0.4, -0.2) is 31.9 Å². The number of H-pyrrole nitrogens is 1. The van der Waals surface area contributed by atoms with Gasteiger partial charge in [-0.25, -0.2) is 4.98 Å². The zero-order valence-electron chi connectivity index (χ0n) is 11.3. The third-order valence-electron chi connectivity index (χ3n) is 3.47. The highest BCUT2D eigenvalue weighted by Gasteiger charge is 2.39. The number of aryl methyl sites for hydroxylation is 1. The first kappa shape index (κ1) is 12.5. The molecule has 0 fully saturated rings. The smallest absolute Gasteiger partial charge is 0.262 e. The van der Waals surface area contributed by atoms with Crippen LogP contribution in [0.5, 0.6) is 0 Å². The molecule has 0 aliphatic carbocycles. The number of benzene rings is 1. The van der Waals surface area contributed by atoms with Gasteiger partial charge in [0.2, 0.25) is 0 Å². The quantitative estimate of drug-likeness (QED) is 0.861. The van der Waals surface area contributed by atoms with Gasteiger partial charge >= 0.3 is 0 Å². The van der Waals surface area contributed by atoms with E-state index in [2.05, 4.69) is 15.2 Å². The summed E-state index contributed by atoms with van der Waals surface area (Å²) >= 11 is 0. The Labute approximate surface area is 115 Å². The molecule has 1 aliphatic heterocycles. The van der Waals surface area contributed by atoms with E-state index in [-0.39, 0.29) is 11.8 Å². The fraction of sp³-hybridized carbons (Fsp3) is 0.286. The zero-order chi connectivity index (χ0) is 14.3. The van der Waals surface area contributed by atoms with Gasteiger partial charge in [0, 0.05) is 6.42 Å². The molecule has 2 heterocycles. The molecule has 0 spiro atoms. The van der Waals surface area contributed by atoms with Crippen molar-refractivity contribution in [2.45, 2.75) is 26.3 Å². The third kappa shape index (κ3) is 1.72. The van der Waals surface area contributed by atoms with E-state index in [0.29, 0.717) is 17.0 Å². The maximum Gasteiger partial charge on any atom is 0.262 e. The minimum atomic E-state index is -0.487. The number of hydrogen-bond donors (Lipinski definition) is 1. The number of fused-ring (bicyclic) bond motifs is 1. The Hall–Kier alpha value is -2.50. The van der Waals surface area contributed by atoms with Gasteiger partial charge in [0.15, 0.2) is 5.82 Å². The Bertz CT molecular complexity index is 657. The van der Waals surface area contributed by atoms with E-state index in [1.807, 2.05) is 6.92 Å². The summed E-state index contributed by atoms with van der Waals surface area (Å²) in [6.07, 6.45) is 0.724. The van der Waals surface area contributed by atoms with Crippen LogP contribution in [0.2, 0.25) is 0 Å². The van der Waals surface area contributed by atoms with E-state index < -0.39 is 6.04 Å². The second-order valence-corrected chi connectivity index (χ2v) is 4.70. The van der Waals surface area contributed by atoms with Crippen molar-refractivity contribution in [3.63, 3.8) is 0 Å². The highest BCUT2D eigenvalue weighted by molar-refractivity contribution is 6.21. The summed E-state index contributed by atoms with van der Waals surface area (Å²) in [4.78, 5) is 30.2. The number of rotatable bonds is 3. The molecule has 3 rings (SSSR count). The summed E-state index contributed by atoms with van der Waals surface area (Å²) in [5.41, 5.74) is 0.881. The number of nitrogens with one attached hydrogen (secondary N) is 1. The van der Waals surface area contributed by atoms with Crippen LogP contribution in [0.15, 0.2) is 24.3 Å². The first-order valence-electron chi connectivity index (χ1n) is 6.51. The van der Waals surface area contributed by atoms with Crippen molar-refractivity contribution in [2.24, 2.45) is 0 Å². The van der Waals surface area contributed by atoms with Crippen LogP contribution in [0.25, 0.3) is 0 Å². The summed E-state index contributed by atoms with van der Waals surface area (Å²) in [6.45, 7) is 3.71. The molecule has 1 aromatic heterocycles. The summed E-state index contributed by atoms with van der Waals surface area (Å²) in [5.74, 6) is 0.613. The van der Waals surface area contributed by atoms with Crippen LogP contribution < -0.4 is 0 Å². The van der Waals surface area contributed by atoms with Gasteiger partial charge in [0.05, 0.1) is 17.2 Å². The second kappa shape index (κ2) is 4.56. The highest BCUT2D eigenvalue weighted by atomic mass is 16.2. The average Bonchev–Trinajstić information content (AvgIpc) is 3.04. The number of amides is 2. The Morgan fingerprint density at radius 3 is 2.30 bits per heavy atom. The van der Waals surface area contributed by atoms with E-state index in [1.54, 1.807) is 31.2 Å². The Kier molecular flexibility index (Phi) is 2.85. The van der Waals surface area contributed by atoms with Crippen molar-refractivity contribution in [3.05, 3.63) is 47.0 Å². The largest absolute Gasteiger partial charge is 0.269 e. The molecule has 0 saturated carbocycles. The molecule has 1 aliphatic rings. The maximum atomic E-state index is 12.3. The number of aromatic amines is 1. The molecule has 0 saturated heterocycles.